The normalized spacial score (nSPS) is 15.0. The molecule has 4 rings (SSSR count). The second-order valence-electron chi connectivity index (χ2n) is 7.40. The van der Waals surface area contributed by atoms with Crippen molar-refractivity contribution in [2.75, 3.05) is 6.54 Å². The molecule has 1 atom stereocenters. The molecule has 1 aliphatic carbocycles. The molecule has 162 valence electrons. The van der Waals surface area contributed by atoms with Gasteiger partial charge in [0.05, 0.1) is 17.8 Å². The molecule has 1 unspecified atom stereocenters. The molecule has 1 amide bonds. The van der Waals surface area contributed by atoms with Crippen LogP contribution in [0.4, 0.5) is 13.2 Å². The van der Waals surface area contributed by atoms with E-state index >= 15 is 0 Å². The van der Waals surface area contributed by atoms with E-state index in [1.54, 1.807) is 6.92 Å². The Balaban J connectivity index is 1.70. The summed E-state index contributed by atoms with van der Waals surface area (Å²) in [6.45, 7) is 2.15. The van der Waals surface area contributed by atoms with Crippen LogP contribution in [0.3, 0.4) is 0 Å². The van der Waals surface area contributed by atoms with E-state index < -0.39 is 23.7 Å². The third kappa shape index (κ3) is 4.68. The summed E-state index contributed by atoms with van der Waals surface area (Å²) in [7, 11) is 0. The van der Waals surface area contributed by atoms with Gasteiger partial charge in [0.1, 0.15) is 6.33 Å². The fourth-order valence-corrected chi connectivity index (χ4v) is 3.52. The van der Waals surface area contributed by atoms with Crippen LogP contribution in [-0.2, 0) is 6.18 Å². The van der Waals surface area contributed by atoms with Gasteiger partial charge in [0.2, 0.25) is 0 Å². The van der Waals surface area contributed by atoms with Crippen molar-refractivity contribution in [2.45, 2.75) is 32.0 Å². The van der Waals surface area contributed by atoms with E-state index in [9.17, 15) is 18.0 Å². The van der Waals surface area contributed by atoms with Crippen LogP contribution in [0.2, 0.25) is 5.02 Å². The lowest BCUT2D eigenvalue weighted by atomic mass is 10.1. The summed E-state index contributed by atoms with van der Waals surface area (Å²) in [6, 6.07) is 2.30. The predicted molar refractivity (Wildman–Crippen MR) is 106 cm³/mol. The van der Waals surface area contributed by atoms with Crippen molar-refractivity contribution in [3.05, 3.63) is 65.1 Å². The Labute approximate surface area is 180 Å². The zero-order valence-corrected chi connectivity index (χ0v) is 17.2. The summed E-state index contributed by atoms with van der Waals surface area (Å²) in [5.41, 5.74) is -1.09. The molecular weight excluding hydrogens is 433 g/mol. The summed E-state index contributed by atoms with van der Waals surface area (Å²) in [6.07, 6.45) is 3.16. The molecule has 0 bridgehead atoms. The summed E-state index contributed by atoms with van der Waals surface area (Å²) >= 11 is 5.89. The molecule has 1 aliphatic rings. The van der Waals surface area contributed by atoms with Gasteiger partial charge < -0.3 is 4.90 Å². The number of benzene rings is 1. The molecule has 2 heterocycles. The molecule has 31 heavy (non-hydrogen) atoms. The Morgan fingerprint density at radius 3 is 2.68 bits per heavy atom. The van der Waals surface area contributed by atoms with Crippen LogP contribution in [0, 0.1) is 5.92 Å². The van der Waals surface area contributed by atoms with Gasteiger partial charge in [-0.1, -0.05) is 11.6 Å². The molecule has 0 N–H and O–H groups in total. The summed E-state index contributed by atoms with van der Waals surface area (Å²) in [5.74, 6) is 0.581. The SMILES string of the molecule is CC(c1ncnn1-c1cnccn1)N(CC1CC1)C(=O)c1cc(Cl)cc(C(F)(F)F)c1. The number of alkyl halides is 3. The van der Waals surface area contributed by atoms with Crippen LogP contribution in [-0.4, -0.2) is 42.1 Å². The summed E-state index contributed by atoms with van der Waals surface area (Å²) in [4.78, 5) is 27.3. The number of hydrogen-bond donors (Lipinski definition) is 0. The molecule has 3 aromatic rings. The van der Waals surface area contributed by atoms with Crippen molar-refractivity contribution in [2.24, 2.45) is 5.92 Å². The molecule has 0 spiro atoms. The molecule has 2 aromatic heterocycles. The van der Waals surface area contributed by atoms with Crippen molar-refractivity contribution in [3.63, 3.8) is 0 Å². The fourth-order valence-electron chi connectivity index (χ4n) is 3.29. The van der Waals surface area contributed by atoms with Gasteiger partial charge in [0.15, 0.2) is 11.6 Å². The van der Waals surface area contributed by atoms with Crippen LogP contribution < -0.4 is 0 Å². The second-order valence-corrected chi connectivity index (χ2v) is 7.83. The number of carbonyl (C=O) groups excluding carboxylic acids is 1. The molecule has 1 fully saturated rings. The Morgan fingerprint density at radius 2 is 2.03 bits per heavy atom. The molecule has 0 saturated heterocycles. The largest absolute Gasteiger partial charge is 0.416 e. The van der Waals surface area contributed by atoms with Crippen molar-refractivity contribution >= 4 is 17.5 Å². The van der Waals surface area contributed by atoms with E-state index in [2.05, 4.69) is 20.1 Å². The second kappa shape index (κ2) is 8.26. The molecule has 0 radical (unpaired) electrons. The van der Waals surface area contributed by atoms with E-state index in [4.69, 9.17) is 11.6 Å². The number of amides is 1. The van der Waals surface area contributed by atoms with Gasteiger partial charge in [0.25, 0.3) is 5.91 Å². The average Bonchev–Trinajstić information content (AvgIpc) is 3.43. The van der Waals surface area contributed by atoms with Crippen LogP contribution in [0.25, 0.3) is 5.82 Å². The first-order valence-corrected chi connectivity index (χ1v) is 9.97. The van der Waals surface area contributed by atoms with E-state index in [-0.39, 0.29) is 10.6 Å². The summed E-state index contributed by atoms with van der Waals surface area (Å²) < 4.78 is 41.2. The number of halogens is 4. The maximum absolute atomic E-state index is 13.3. The highest BCUT2D eigenvalue weighted by atomic mass is 35.5. The minimum Gasteiger partial charge on any atom is -0.328 e. The Hall–Kier alpha value is -3.01. The lowest BCUT2D eigenvalue weighted by Gasteiger charge is -2.29. The van der Waals surface area contributed by atoms with Gasteiger partial charge >= 0.3 is 6.18 Å². The highest BCUT2D eigenvalue weighted by Gasteiger charge is 2.35. The summed E-state index contributed by atoms with van der Waals surface area (Å²) in [5, 5.41) is 4.02. The minimum atomic E-state index is -4.61. The molecule has 1 aromatic carbocycles. The number of carbonyl (C=O) groups is 1. The lowest BCUT2D eigenvalue weighted by molar-refractivity contribution is -0.137. The average molecular weight is 451 g/mol. The first-order valence-electron chi connectivity index (χ1n) is 9.59. The van der Waals surface area contributed by atoms with Crippen LogP contribution in [0.1, 0.15) is 47.6 Å². The molecule has 1 saturated carbocycles. The van der Waals surface area contributed by atoms with E-state index in [1.807, 2.05) is 0 Å². The third-order valence-electron chi connectivity index (χ3n) is 5.07. The third-order valence-corrected chi connectivity index (χ3v) is 5.28. The zero-order chi connectivity index (χ0) is 22.2. The van der Waals surface area contributed by atoms with Crippen molar-refractivity contribution < 1.29 is 18.0 Å². The highest BCUT2D eigenvalue weighted by Crippen LogP contribution is 2.35. The number of hydrogen-bond acceptors (Lipinski definition) is 5. The van der Waals surface area contributed by atoms with Gasteiger partial charge in [-0.05, 0) is 43.9 Å². The quantitative estimate of drug-likeness (QED) is 0.558. The van der Waals surface area contributed by atoms with E-state index in [0.717, 1.165) is 25.0 Å². The zero-order valence-electron chi connectivity index (χ0n) is 16.4. The van der Waals surface area contributed by atoms with E-state index in [0.29, 0.717) is 24.1 Å². The van der Waals surface area contributed by atoms with Crippen LogP contribution in [0.5, 0.6) is 0 Å². The standard InChI is InChI=1S/C20H18ClF3N6O/c1-12(18-27-11-28-30(18)17-9-25-4-5-26-17)29(10-13-2-3-13)19(31)14-6-15(20(22,23)24)8-16(21)7-14/h4-9,11-13H,2-3,10H2,1H3. The van der Waals surface area contributed by atoms with Gasteiger partial charge in [-0.2, -0.15) is 23.0 Å². The molecular formula is C20H18ClF3N6O. The van der Waals surface area contributed by atoms with Crippen molar-refractivity contribution in [3.8, 4) is 5.82 Å². The predicted octanol–water partition coefficient (Wildman–Crippen LogP) is 4.34. The number of rotatable bonds is 6. The fraction of sp³-hybridized carbons (Fsp3) is 0.350. The first-order chi connectivity index (χ1) is 14.7. The Kier molecular flexibility index (Phi) is 5.65. The Bertz CT molecular complexity index is 1080. The van der Waals surface area contributed by atoms with Gasteiger partial charge in [-0.15, -0.1) is 0 Å². The molecule has 11 heteroatoms. The maximum Gasteiger partial charge on any atom is 0.416 e. The lowest BCUT2D eigenvalue weighted by Crippen LogP contribution is -2.36. The van der Waals surface area contributed by atoms with Crippen LogP contribution in [0.15, 0.2) is 43.1 Å². The number of aromatic nitrogens is 5. The maximum atomic E-state index is 13.3. The topological polar surface area (TPSA) is 76.8 Å². The van der Waals surface area contributed by atoms with Crippen molar-refractivity contribution in [1.82, 2.24) is 29.6 Å². The number of nitrogens with zero attached hydrogens (tertiary/aromatic N) is 6. The van der Waals surface area contributed by atoms with Gasteiger partial charge in [-0.3, -0.25) is 9.78 Å². The van der Waals surface area contributed by atoms with E-state index in [1.165, 1.54) is 40.6 Å². The molecule has 7 nitrogen and oxygen atoms in total. The van der Waals surface area contributed by atoms with Crippen LogP contribution >= 0.6 is 11.6 Å². The molecule has 0 aliphatic heterocycles. The Morgan fingerprint density at radius 1 is 1.26 bits per heavy atom. The monoisotopic (exact) mass is 450 g/mol. The minimum absolute atomic E-state index is 0.127. The van der Waals surface area contributed by atoms with Gasteiger partial charge in [-0.25, -0.2) is 9.97 Å². The first kappa shape index (κ1) is 21.2. The van der Waals surface area contributed by atoms with Gasteiger partial charge in [0, 0.05) is 29.5 Å². The smallest absolute Gasteiger partial charge is 0.328 e. The van der Waals surface area contributed by atoms with Crippen molar-refractivity contribution in [1.29, 1.82) is 0 Å². The highest BCUT2D eigenvalue weighted by molar-refractivity contribution is 6.31.